The van der Waals surface area contributed by atoms with Crippen LogP contribution in [0.2, 0.25) is 0 Å². The van der Waals surface area contributed by atoms with Crippen molar-refractivity contribution < 1.29 is 9.59 Å². The lowest BCUT2D eigenvalue weighted by Gasteiger charge is -2.03. The number of nitrogens with two attached hydrogens (primary N) is 2. The van der Waals surface area contributed by atoms with Gasteiger partial charge in [0.2, 0.25) is 0 Å². The van der Waals surface area contributed by atoms with Gasteiger partial charge in [-0.15, -0.1) is 5.10 Å². The van der Waals surface area contributed by atoms with E-state index in [9.17, 15) is 4.79 Å². The topological polar surface area (TPSA) is 149 Å². The quantitative estimate of drug-likeness (QED) is 0.635. The Kier molecular flexibility index (Phi) is 5.69. The molecule has 9 nitrogen and oxygen atoms in total. The normalized spacial score (nSPS) is 8.84. The maximum atomic E-state index is 11.4. The highest BCUT2D eigenvalue weighted by Gasteiger charge is 2.03. The van der Waals surface area contributed by atoms with Crippen LogP contribution in [0.25, 0.3) is 0 Å². The smallest absolute Gasteiger partial charge is 0.325 e. The molecule has 2 rings (SSSR count). The number of carbonyl (C=O) groups excluding carboxylic acids is 2. The Morgan fingerprint density at radius 2 is 1.95 bits per heavy atom. The number of carbonyl (C=O) groups is 2. The Morgan fingerprint density at radius 3 is 2.47 bits per heavy atom. The molecule has 100 valence electrons. The van der Waals surface area contributed by atoms with Gasteiger partial charge < -0.3 is 11.5 Å². The van der Waals surface area contributed by atoms with E-state index in [-0.39, 0.29) is 6.03 Å². The molecule has 0 fully saturated rings. The van der Waals surface area contributed by atoms with Gasteiger partial charge in [-0.3, -0.25) is 10.6 Å². The SMILES string of the molecule is NC(N)=O.O=C(Nc1ccccn1)Nc1cnns1. The number of nitrogens with zero attached hydrogens (tertiary/aromatic N) is 3. The second-order valence-corrected chi connectivity index (χ2v) is 3.76. The molecule has 0 saturated heterocycles. The van der Waals surface area contributed by atoms with Gasteiger partial charge in [0.05, 0.1) is 6.20 Å². The Hall–Kier alpha value is -2.75. The van der Waals surface area contributed by atoms with Gasteiger partial charge in [0.25, 0.3) is 0 Å². The summed E-state index contributed by atoms with van der Waals surface area (Å²) in [6.07, 6.45) is 3.08. The second-order valence-electron chi connectivity index (χ2n) is 2.98. The maximum Gasteiger partial charge on any atom is 0.325 e. The molecule has 0 aliphatic rings. The fraction of sp³-hybridized carbons (Fsp3) is 0. The van der Waals surface area contributed by atoms with Crippen LogP contribution >= 0.6 is 11.5 Å². The molecule has 0 radical (unpaired) electrons. The van der Waals surface area contributed by atoms with Crippen LogP contribution in [-0.4, -0.2) is 26.6 Å². The highest BCUT2D eigenvalue weighted by Crippen LogP contribution is 2.09. The van der Waals surface area contributed by atoms with Gasteiger partial charge in [-0.25, -0.2) is 14.6 Å². The van der Waals surface area contributed by atoms with Crippen LogP contribution < -0.4 is 22.1 Å². The molecule has 2 aromatic rings. The summed E-state index contributed by atoms with van der Waals surface area (Å²) in [5, 5.41) is 9.32. The summed E-state index contributed by atoms with van der Waals surface area (Å²) in [7, 11) is 0. The van der Waals surface area contributed by atoms with Crippen LogP contribution in [0.4, 0.5) is 20.4 Å². The summed E-state index contributed by atoms with van der Waals surface area (Å²) < 4.78 is 3.62. The Morgan fingerprint density at radius 1 is 1.21 bits per heavy atom. The van der Waals surface area contributed by atoms with Crippen molar-refractivity contribution in [1.82, 2.24) is 14.6 Å². The molecule has 2 heterocycles. The zero-order valence-corrected chi connectivity index (χ0v) is 10.4. The molecule has 10 heteroatoms. The number of urea groups is 2. The molecule has 0 saturated carbocycles. The predicted molar refractivity (Wildman–Crippen MR) is 70.6 cm³/mol. The molecule has 0 atom stereocenters. The fourth-order valence-electron chi connectivity index (χ4n) is 0.918. The Balaban J connectivity index is 0.000000399. The van der Waals surface area contributed by atoms with Crippen molar-refractivity contribution in [2.45, 2.75) is 0 Å². The van der Waals surface area contributed by atoms with Crippen LogP contribution in [0.15, 0.2) is 30.6 Å². The number of hydrogen-bond donors (Lipinski definition) is 4. The Bertz CT molecular complexity index is 513. The molecule has 0 aromatic carbocycles. The molecule has 0 unspecified atom stereocenters. The van der Waals surface area contributed by atoms with Crippen LogP contribution in [0.3, 0.4) is 0 Å². The molecular formula is C9H11N7O2S. The molecule has 2 aromatic heterocycles. The number of hydrogen-bond acceptors (Lipinski definition) is 6. The van der Waals surface area contributed by atoms with E-state index in [0.717, 1.165) is 11.5 Å². The number of nitrogens with one attached hydrogen (secondary N) is 2. The van der Waals surface area contributed by atoms with Gasteiger partial charge in [-0.1, -0.05) is 10.6 Å². The zero-order valence-electron chi connectivity index (χ0n) is 9.61. The third-order valence-electron chi connectivity index (χ3n) is 1.50. The number of pyridine rings is 1. The highest BCUT2D eigenvalue weighted by atomic mass is 32.1. The fourth-order valence-corrected chi connectivity index (χ4v) is 1.33. The van der Waals surface area contributed by atoms with Gasteiger partial charge in [0.1, 0.15) is 10.8 Å². The first-order valence-corrected chi connectivity index (χ1v) is 5.66. The third kappa shape index (κ3) is 6.53. The van der Waals surface area contributed by atoms with Gasteiger partial charge in [0.15, 0.2) is 0 Å². The second kappa shape index (κ2) is 7.55. The van der Waals surface area contributed by atoms with Gasteiger partial charge in [-0.05, 0) is 12.1 Å². The number of amides is 4. The molecule has 0 aliphatic carbocycles. The lowest BCUT2D eigenvalue weighted by atomic mass is 10.5. The van der Waals surface area contributed by atoms with Crippen molar-refractivity contribution >= 4 is 34.4 Å². The summed E-state index contributed by atoms with van der Waals surface area (Å²) in [5.41, 5.74) is 8.50. The Labute approximate surface area is 112 Å². The largest absolute Gasteiger partial charge is 0.352 e. The van der Waals surface area contributed by atoms with Crippen molar-refractivity contribution in [3.05, 3.63) is 30.6 Å². The third-order valence-corrected chi connectivity index (χ3v) is 2.08. The van der Waals surface area contributed by atoms with Crippen molar-refractivity contribution in [3.8, 4) is 0 Å². The maximum absolute atomic E-state index is 11.4. The van der Waals surface area contributed by atoms with E-state index < -0.39 is 6.03 Å². The summed E-state index contributed by atoms with van der Waals surface area (Å²) >= 11 is 1.11. The first-order chi connectivity index (χ1) is 9.08. The summed E-state index contributed by atoms with van der Waals surface area (Å²) in [4.78, 5) is 24.3. The van der Waals surface area contributed by atoms with Crippen LogP contribution in [-0.2, 0) is 0 Å². The molecule has 0 aliphatic heterocycles. The summed E-state index contributed by atoms with van der Waals surface area (Å²) in [6.45, 7) is 0. The monoisotopic (exact) mass is 281 g/mol. The molecule has 4 amide bonds. The van der Waals surface area contributed by atoms with E-state index >= 15 is 0 Å². The van der Waals surface area contributed by atoms with E-state index in [1.807, 2.05) is 0 Å². The van der Waals surface area contributed by atoms with Gasteiger partial charge >= 0.3 is 12.1 Å². The van der Waals surface area contributed by atoms with Crippen LogP contribution in [0, 0.1) is 0 Å². The van der Waals surface area contributed by atoms with Gasteiger partial charge in [0, 0.05) is 17.7 Å². The van der Waals surface area contributed by atoms with E-state index in [2.05, 4.69) is 36.7 Å². The molecular weight excluding hydrogens is 270 g/mol. The standard InChI is InChI=1S/C8H7N5OS.CH4N2O/c14-8(12-7-5-10-13-15-7)11-6-3-1-2-4-9-6;2-1(3)4/h1-5H,(H2,9,11,12,14);(H4,2,3,4). The minimum atomic E-state index is -0.833. The van der Waals surface area contributed by atoms with E-state index in [1.54, 1.807) is 24.4 Å². The molecule has 19 heavy (non-hydrogen) atoms. The van der Waals surface area contributed by atoms with Gasteiger partial charge in [-0.2, -0.15) is 0 Å². The summed E-state index contributed by atoms with van der Waals surface area (Å²) in [5.74, 6) is 0.493. The highest BCUT2D eigenvalue weighted by molar-refractivity contribution is 7.10. The first kappa shape index (κ1) is 14.3. The summed E-state index contributed by atoms with van der Waals surface area (Å²) in [6, 6.07) is 4.07. The van der Waals surface area contributed by atoms with E-state index in [0.29, 0.717) is 10.8 Å². The van der Waals surface area contributed by atoms with Crippen LogP contribution in [0.1, 0.15) is 0 Å². The predicted octanol–water partition coefficient (Wildman–Crippen LogP) is 0.601. The number of anilines is 2. The minimum Gasteiger partial charge on any atom is -0.352 e. The first-order valence-electron chi connectivity index (χ1n) is 4.89. The average Bonchev–Trinajstić information content (AvgIpc) is 2.82. The van der Waals surface area contributed by atoms with Crippen molar-refractivity contribution in [2.24, 2.45) is 11.5 Å². The molecule has 0 spiro atoms. The average molecular weight is 281 g/mol. The minimum absolute atomic E-state index is 0.361. The number of rotatable bonds is 2. The lowest BCUT2D eigenvalue weighted by Crippen LogP contribution is -2.19. The van der Waals surface area contributed by atoms with Crippen molar-refractivity contribution in [1.29, 1.82) is 0 Å². The van der Waals surface area contributed by atoms with Crippen molar-refractivity contribution in [3.63, 3.8) is 0 Å². The zero-order chi connectivity index (χ0) is 14.1. The van der Waals surface area contributed by atoms with E-state index in [1.165, 1.54) is 6.20 Å². The molecule has 6 N–H and O–H groups in total. The van der Waals surface area contributed by atoms with Crippen LogP contribution in [0.5, 0.6) is 0 Å². The lowest BCUT2D eigenvalue weighted by molar-refractivity contribution is 0.256. The molecule has 0 bridgehead atoms. The number of aromatic nitrogens is 3. The van der Waals surface area contributed by atoms with Crippen molar-refractivity contribution in [2.75, 3.05) is 10.6 Å². The number of primary amides is 2. The van der Waals surface area contributed by atoms with E-state index in [4.69, 9.17) is 4.79 Å².